The third-order valence-corrected chi connectivity index (χ3v) is 3.88. The SMILES string of the molecule is CC(C)C#CC(=O)N1CC(C)(c2nnc(-c3ccccc3F)o2)C1. The molecule has 0 radical (unpaired) electrons. The number of likely N-dealkylation sites (tertiary alicyclic amines) is 1. The number of aromatic nitrogens is 2. The minimum Gasteiger partial charge on any atom is -0.420 e. The Balaban J connectivity index is 1.72. The molecule has 5 nitrogen and oxygen atoms in total. The number of amides is 1. The van der Waals surface area contributed by atoms with Gasteiger partial charge in [0.05, 0.1) is 11.0 Å². The molecule has 0 N–H and O–H groups in total. The number of rotatable bonds is 2. The highest BCUT2D eigenvalue weighted by Gasteiger charge is 2.46. The number of hydrogen-bond donors (Lipinski definition) is 0. The number of carbonyl (C=O) groups is 1. The Kier molecular flexibility index (Phi) is 4.10. The van der Waals surface area contributed by atoms with Gasteiger partial charge in [0.15, 0.2) is 0 Å². The topological polar surface area (TPSA) is 59.2 Å². The molecule has 1 aromatic carbocycles. The van der Waals surface area contributed by atoms with Gasteiger partial charge in [-0.3, -0.25) is 4.79 Å². The summed E-state index contributed by atoms with van der Waals surface area (Å²) in [4.78, 5) is 13.6. The predicted molar refractivity (Wildman–Crippen MR) is 86.2 cm³/mol. The quantitative estimate of drug-likeness (QED) is 0.796. The summed E-state index contributed by atoms with van der Waals surface area (Å²) in [5.41, 5.74) is -0.152. The van der Waals surface area contributed by atoms with E-state index in [4.69, 9.17) is 4.42 Å². The molecule has 24 heavy (non-hydrogen) atoms. The molecule has 0 unspecified atom stereocenters. The second kappa shape index (κ2) is 6.08. The lowest BCUT2D eigenvalue weighted by Gasteiger charge is -2.44. The van der Waals surface area contributed by atoms with Gasteiger partial charge in [-0.15, -0.1) is 10.2 Å². The normalized spacial score (nSPS) is 15.6. The third kappa shape index (κ3) is 3.02. The van der Waals surface area contributed by atoms with Crippen LogP contribution in [0.5, 0.6) is 0 Å². The van der Waals surface area contributed by atoms with Crippen molar-refractivity contribution in [2.75, 3.05) is 13.1 Å². The van der Waals surface area contributed by atoms with Gasteiger partial charge in [-0.2, -0.15) is 0 Å². The smallest absolute Gasteiger partial charge is 0.298 e. The number of benzene rings is 1. The van der Waals surface area contributed by atoms with Crippen molar-refractivity contribution < 1.29 is 13.6 Å². The van der Waals surface area contributed by atoms with Crippen LogP contribution in [-0.2, 0) is 10.2 Å². The second-order valence-electron chi connectivity index (χ2n) is 6.54. The molecule has 1 aliphatic rings. The average Bonchev–Trinajstić information content (AvgIpc) is 3.00. The van der Waals surface area contributed by atoms with Gasteiger partial charge in [-0.05, 0) is 25.0 Å². The monoisotopic (exact) mass is 327 g/mol. The first-order valence-corrected chi connectivity index (χ1v) is 7.78. The van der Waals surface area contributed by atoms with E-state index in [9.17, 15) is 9.18 Å². The predicted octanol–water partition coefficient (Wildman–Crippen LogP) is 2.64. The van der Waals surface area contributed by atoms with Crippen molar-refractivity contribution in [2.45, 2.75) is 26.2 Å². The largest absolute Gasteiger partial charge is 0.420 e. The van der Waals surface area contributed by atoms with E-state index in [1.165, 1.54) is 6.07 Å². The van der Waals surface area contributed by atoms with E-state index in [-0.39, 0.29) is 23.3 Å². The summed E-state index contributed by atoms with van der Waals surface area (Å²) in [6.07, 6.45) is 0. The molecule has 1 amide bonds. The van der Waals surface area contributed by atoms with Gasteiger partial charge >= 0.3 is 0 Å². The Hall–Kier alpha value is -2.68. The fraction of sp³-hybridized carbons (Fsp3) is 0.389. The van der Waals surface area contributed by atoms with E-state index >= 15 is 0 Å². The van der Waals surface area contributed by atoms with E-state index in [2.05, 4.69) is 22.0 Å². The lowest BCUT2D eigenvalue weighted by atomic mass is 9.82. The Labute approximate surface area is 139 Å². The molecule has 1 aliphatic heterocycles. The highest BCUT2D eigenvalue weighted by Crippen LogP contribution is 2.34. The maximum absolute atomic E-state index is 13.8. The Bertz CT molecular complexity index is 826. The van der Waals surface area contributed by atoms with E-state index in [1.807, 2.05) is 20.8 Å². The van der Waals surface area contributed by atoms with Crippen LogP contribution in [0.3, 0.4) is 0 Å². The van der Waals surface area contributed by atoms with Crippen LogP contribution in [-0.4, -0.2) is 34.1 Å². The van der Waals surface area contributed by atoms with Crippen LogP contribution >= 0.6 is 0 Å². The van der Waals surface area contributed by atoms with E-state index in [0.29, 0.717) is 19.0 Å². The summed E-state index contributed by atoms with van der Waals surface area (Å²) in [6, 6.07) is 6.25. The van der Waals surface area contributed by atoms with Gasteiger partial charge in [0.25, 0.3) is 11.8 Å². The molecule has 0 bridgehead atoms. The van der Waals surface area contributed by atoms with Gasteiger partial charge in [0.1, 0.15) is 5.82 Å². The van der Waals surface area contributed by atoms with Crippen LogP contribution in [0.25, 0.3) is 11.5 Å². The molecule has 3 rings (SSSR count). The molecule has 0 aliphatic carbocycles. The van der Waals surface area contributed by atoms with Gasteiger partial charge < -0.3 is 9.32 Å². The van der Waals surface area contributed by atoms with Crippen LogP contribution in [0.1, 0.15) is 26.7 Å². The van der Waals surface area contributed by atoms with Crippen molar-refractivity contribution in [3.8, 4) is 23.3 Å². The average molecular weight is 327 g/mol. The first-order valence-electron chi connectivity index (χ1n) is 7.78. The molecular weight excluding hydrogens is 309 g/mol. The maximum atomic E-state index is 13.8. The molecule has 1 fully saturated rings. The fourth-order valence-electron chi connectivity index (χ4n) is 2.57. The number of halogens is 1. The van der Waals surface area contributed by atoms with E-state index in [0.717, 1.165) is 0 Å². The lowest BCUT2D eigenvalue weighted by Crippen LogP contribution is -2.59. The van der Waals surface area contributed by atoms with Gasteiger partial charge in [-0.25, -0.2) is 4.39 Å². The molecule has 1 aromatic heterocycles. The Morgan fingerprint density at radius 3 is 2.71 bits per heavy atom. The molecule has 0 saturated carbocycles. The van der Waals surface area contributed by atoms with Crippen LogP contribution in [0, 0.1) is 23.6 Å². The number of carbonyl (C=O) groups excluding carboxylic acids is 1. The molecule has 0 spiro atoms. The summed E-state index contributed by atoms with van der Waals surface area (Å²) in [7, 11) is 0. The Morgan fingerprint density at radius 1 is 1.33 bits per heavy atom. The standard InChI is InChI=1S/C18H18FN3O2/c1-12(2)8-9-15(23)22-10-18(3,11-22)17-21-20-16(24-17)13-6-4-5-7-14(13)19/h4-7,12H,10-11H2,1-3H3. The van der Waals surface area contributed by atoms with Crippen LogP contribution in [0.15, 0.2) is 28.7 Å². The number of nitrogens with zero attached hydrogens (tertiary/aromatic N) is 3. The second-order valence-corrected chi connectivity index (χ2v) is 6.54. The van der Waals surface area contributed by atoms with E-state index in [1.54, 1.807) is 23.1 Å². The summed E-state index contributed by atoms with van der Waals surface area (Å²) in [5.74, 6) is 5.59. The molecule has 0 atom stereocenters. The van der Waals surface area contributed by atoms with Crippen LogP contribution in [0.4, 0.5) is 4.39 Å². The van der Waals surface area contributed by atoms with Crippen molar-refractivity contribution in [3.63, 3.8) is 0 Å². The molecular formula is C18H18FN3O2. The highest BCUT2D eigenvalue weighted by atomic mass is 19.1. The highest BCUT2D eigenvalue weighted by molar-refractivity contribution is 5.94. The van der Waals surface area contributed by atoms with Crippen molar-refractivity contribution in [1.82, 2.24) is 15.1 Å². The minimum absolute atomic E-state index is 0.147. The first kappa shape index (κ1) is 16.2. The van der Waals surface area contributed by atoms with Crippen LogP contribution < -0.4 is 0 Å². The Morgan fingerprint density at radius 2 is 2.04 bits per heavy atom. The first-order chi connectivity index (χ1) is 11.4. The fourth-order valence-corrected chi connectivity index (χ4v) is 2.57. The third-order valence-electron chi connectivity index (χ3n) is 3.88. The lowest BCUT2D eigenvalue weighted by molar-refractivity contribution is -0.132. The van der Waals surface area contributed by atoms with Crippen molar-refractivity contribution in [2.24, 2.45) is 5.92 Å². The summed E-state index contributed by atoms with van der Waals surface area (Å²) < 4.78 is 19.4. The summed E-state index contributed by atoms with van der Waals surface area (Å²) in [5, 5.41) is 7.97. The van der Waals surface area contributed by atoms with Gasteiger partial charge in [0, 0.05) is 19.0 Å². The van der Waals surface area contributed by atoms with Crippen LogP contribution in [0.2, 0.25) is 0 Å². The van der Waals surface area contributed by atoms with E-state index < -0.39 is 11.2 Å². The summed E-state index contributed by atoms with van der Waals surface area (Å²) >= 11 is 0. The van der Waals surface area contributed by atoms with Crippen molar-refractivity contribution in [1.29, 1.82) is 0 Å². The zero-order chi connectivity index (χ0) is 17.3. The minimum atomic E-state index is -0.425. The molecule has 1 saturated heterocycles. The zero-order valence-corrected chi connectivity index (χ0v) is 13.8. The molecule has 6 heteroatoms. The van der Waals surface area contributed by atoms with Crippen molar-refractivity contribution in [3.05, 3.63) is 36.0 Å². The molecule has 2 heterocycles. The van der Waals surface area contributed by atoms with Gasteiger partial charge in [-0.1, -0.05) is 31.9 Å². The molecule has 124 valence electrons. The summed E-state index contributed by atoms with van der Waals surface area (Å²) in [6.45, 7) is 6.71. The maximum Gasteiger partial charge on any atom is 0.298 e. The zero-order valence-electron chi connectivity index (χ0n) is 13.8. The van der Waals surface area contributed by atoms with Crippen molar-refractivity contribution >= 4 is 5.91 Å². The number of hydrogen-bond acceptors (Lipinski definition) is 4. The molecule has 2 aromatic rings. The van der Waals surface area contributed by atoms with Gasteiger partial charge in [0.2, 0.25) is 5.89 Å².